The maximum atomic E-state index is 13.2. The summed E-state index contributed by atoms with van der Waals surface area (Å²) in [7, 11) is -18.9. The molecule has 8 N–H and O–H groups in total. The molecular weight excluding hydrogens is 813 g/mol. The standard InChI is InChI=1S/C35H30N4O13S4/c1-19-13-23(36-27-7-3-5-21-15-25(40)17-31(33(21)27)55(47,48)49)9-11-29(19)53(43,44)38-35(42)39-54(45,46)30-12-10-24(14-20(30)2)37-28-8-4-6-22-16-26(41)18-32(34(22)28)56(50,51)52/h3-18,36-37,40-41H,1-2H3,(H2,38,39,42)(H,47,48,49)(H,50,51,52). The number of benzene rings is 6. The highest BCUT2D eigenvalue weighted by atomic mass is 32.2. The van der Waals surface area contributed by atoms with Gasteiger partial charge in [-0.1, -0.05) is 24.3 Å². The van der Waals surface area contributed by atoms with Gasteiger partial charge in [-0.2, -0.15) is 16.8 Å². The minimum atomic E-state index is -4.77. The number of nitrogens with one attached hydrogen (secondary N) is 4. The molecule has 292 valence electrons. The molecule has 0 atom stereocenters. The Morgan fingerprint density at radius 1 is 0.500 bits per heavy atom. The van der Waals surface area contributed by atoms with Crippen molar-refractivity contribution in [3.05, 3.63) is 108 Å². The minimum Gasteiger partial charge on any atom is -0.508 e. The number of rotatable bonds is 10. The van der Waals surface area contributed by atoms with Crippen LogP contribution in [0.1, 0.15) is 11.1 Å². The van der Waals surface area contributed by atoms with E-state index in [9.17, 15) is 57.8 Å². The third-order valence-corrected chi connectivity index (χ3v) is 13.1. The Hall–Kier alpha value is -5.97. The van der Waals surface area contributed by atoms with E-state index in [4.69, 9.17) is 0 Å². The molecule has 0 bridgehead atoms. The molecule has 0 fully saturated rings. The van der Waals surface area contributed by atoms with Crippen LogP contribution in [0.5, 0.6) is 11.5 Å². The third kappa shape index (κ3) is 8.17. The molecule has 0 aromatic heterocycles. The van der Waals surface area contributed by atoms with Crippen molar-refractivity contribution in [2.45, 2.75) is 33.4 Å². The smallest absolute Gasteiger partial charge is 0.342 e. The number of hydrogen-bond donors (Lipinski definition) is 8. The predicted molar refractivity (Wildman–Crippen MR) is 206 cm³/mol. The number of hydrogen-bond acceptors (Lipinski definition) is 13. The highest BCUT2D eigenvalue weighted by Gasteiger charge is 2.26. The molecule has 0 aliphatic heterocycles. The van der Waals surface area contributed by atoms with E-state index < -0.39 is 77.4 Å². The van der Waals surface area contributed by atoms with Crippen LogP contribution in [0.2, 0.25) is 0 Å². The van der Waals surface area contributed by atoms with Gasteiger partial charge in [0, 0.05) is 45.7 Å². The fraction of sp³-hybridized carbons (Fsp3) is 0.0571. The number of fused-ring (bicyclic) bond motifs is 2. The second-order valence-electron chi connectivity index (χ2n) is 12.4. The molecule has 2 amide bonds. The van der Waals surface area contributed by atoms with Crippen molar-refractivity contribution in [1.29, 1.82) is 0 Å². The molecule has 56 heavy (non-hydrogen) atoms. The van der Waals surface area contributed by atoms with Crippen molar-refractivity contribution in [3.8, 4) is 11.5 Å². The van der Waals surface area contributed by atoms with Crippen LogP contribution >= 0.6 is 0 Å². The molecule has 21 heteroatoms. The normalized spacial score (nSPS) is 12.4. The molecular formula is C35H30N4O13S4. The monoisotopic (exact) mass is 842 g/mol. The fourth-order valence-electron chi connectivity index (χ4n) is 6.10. The minimum absolute atomic E-state index is 0.0452. The molecule has 0 saturated heterocycles. The maximum absolute atomic E-state index is 13.2. The zero-order chi connectivity index (χ0) is 41.0. The number of carbonyl (C=O) groups excluding carboxylic acids is 1. The quantitative estimate of drug-likeness (QED) is 0.0804. The Morgan fingerprint density at radius 3 is 1.21 bits per heavy atom. The fourth-order valence-corrected chi connectivity index (χ4v) is 9.95. The molecule has 0 spiro atoms. The van der Waals surface area contributed by atoms with Crippen molar-refractivity contribution in [3.63, 3.8) is 0 Å². The highest BCUT2D eigenvalue weighted by molar-refractivity contribution is 7.91. The van der Waals surface area contributed by atoms with E-state index in [1.807, 2.05) is 0 Å². The number of amides is 2. The first kappa shape index (κ1) is 39.7. The molecule has 0 aliphatic carbocycles. The molecule has 6 rings (SSSR count). The van der Waals surface area contributed by atoms with E-state index in [1.54, 1.807) is 21.6 Å². The molecule has 0 heterocycles. The van der Waals surface area contributed by atoms with E-state index in [0.29, 0.717) is 0 Å². The summed E-state index contributed by atoms with van der Waals surface area (Å²) in [5.74, 6) is -0.806. The Morgan fingerprint density at radius 2 is 0.875 bits per heavy atom. The first-order chi connectivity index (χ1) is 26.0. The van der Waals surface area contributed by atoms with E-state index >= 15 is 0 Å². The Kier molecular flexibility index (Phi) is 10.1. The van der Waals surface area contributed by atoms with Crippen molar-refractivity contribution >= 4 is 90.6 Å². The van der Waals surface area contributed by atoms with Crippen LogP contribution in [0, 0.1) is 13.8 Å². The summed E-state index contributed by atoms with van der Waals surface area (Å²) < 4.78 is 124. The van der Waals surface area contributed by atoms with Crippen LogP contribution in [0.4, 0.5) is 27.5 Å². The summed E-state index contributed by atoms with van der Waals surface area (Å²) >= 11 is 0. The summed E-state index contributed by atoms with van der Waals surface area (Å²) in [5, 5.41) is 26.4. The Labute approximate surface area is 320 Å². The van der Waals surface area contributed by atoms with Gasteiger partial charge >= 0.3 is 6.03 Å². The van der Waals surface area contributed by atoms with Gasteiger partial charge in [-0.3, -0.25) is 9.11 Å². The van der Waals surface area contributed by atoms with Gasteiger partial charge in [0.1, 0.15) is 21.3 Å². The van der Waals surface area contributed by atoms with Gasteiger partial charge in [-0.25, -0.2) is 31.1 Å². The highest BCUT2D eigenvalue weighted by Crippen LogP contribution is 2.37. The van der Waals surface area contributed by atoms with Crippen LogP contribution in [-0.4, -0.2) is 59.0 Å². The van der Waals surface area contributed by atoms with Gasteiger partial charge < -0.3 is 20.8 Å². The lowest BCUT2D eigenvalue weighted by Crippen LogP contribution is -2.42. The van der Waals surface area contributed by atoms with E-state index in [1.165, 1.54) is 74.5 Å². The molecule has 0 saturated carbocycles. The zero-order valence-corrected chi connectivity index (χ0v) is 32.1. The van der Waals surface area contributed by atoms with Gasteiger partial charge in [0.05, 0.1) is 9.79 Å². The van der Waals surface area contributed by atoms with E-state index in [2.05, 4.69) is 10.6 Å². The van der Waals surface area contributed by atoms with Gasteiger partial charge in [0.2, 0.25) is 0 Å². The number of urea groups is 1. The molecule has 0 radical (unpaired) electrons. The molecule has 17 nitrogen and oxygen atoms in total. The van der Waals surface area contributed by atoms with Gasteiger partial charge in [-0.15, -0.1) is 0 Å². The predicted octanol–water partition coefficient (Wildman–Crippen LogP) is 5.38. The Bertz CT molecular complexity index is 2880. The zero-order valence-electron chi connectivity index (χ0n) is 28.8. The molecule has 0 aliphatic rings. The SMILES string of the molecule is Cc1cc(Nc2cccc3cc(O)cc(S(=O)(=O)O)c23)ccc1S(=O)(=O)NC(=O)NS(=O)(=O)c1ccc(Nc2cccc3cc(O)cc(S(=O)(=O)O)c23)cc1C. The first-order valence-corrected chi connectivity index (χ1v) is 21.7. The second kappa shape index (κ2) is 14.3. The summed E-state index contributed by atoms with van der Waals surface area (Å²) in [6.45, 7) is 2.79. The average molecular weight is 843 g/mol. The third-order valence-electron chi connectivity index (χ3n) is 8.35. The lowest BCUT2D eigenvalue weighted by molar-refractivity contribution is 0.250. The Balaban J connectivity index is 1.19. The molecule has 0 unspecified atom stereocenters. The maximum Gasteiger partial charge on any atom is 0.342 e. The van der Waals surface area contributed by atoms with Crippen molar-refractivity contribution in [2.75, 3.05) is 10.6 Å². The topological polar surface area (TPSA) is 283 Å². The summed E-state index contributed by atoms with van der Waals surface area (Å²) in [4.78, 5) is 10.9. The number of aryl methyl sites for hydroxylation is 2. The van der Waals surface area contributed by atoms with Crippen molar-refractivity contribution in [1.82, 2.24) is 9.44 Å². The second-order valence-corrected chi connectivity index (χ2v) is 18.5. The lowest BCUT2D eigenvalue weighted by Gasteiger charge is -2.16. The number of sulfonamides is 2. The van der Waals surface area contributed by atoms with Gasteiger partial charge in [-0.05, 0) is 96.4 Å². The summed E-state index contributed by atoms with van der Waals surface area (Å²) in [6.07, 6.45) is 0. The van der Waals surface area contributed by atoms with Crippen molar-refractivity contribution < 1.29 is 57.8 Å². The summed E-state index contributed by atoms with van der Waals surface area (Å²) in [6, 6.07) is 19.4. The number of phenols is 2. The van der Waals surface area contributed by atoms with Crippen LogP contribution in [0.25, 0.3) is 21.5 Å². The average Bonchev–Trinajstić information content (AvgIpc) is 3.06. The number of phenolic OH excluding ortho intramolecular Hbond substituents is 2. The van der Waals surface area contributed by atoms with Crippen LogP contribution in [0.3, 0.4) is 0 Å². The van der Waals surface area contributed by atoms with Gasteiger partial charge in [0.15, 0.2) is 0 Å². The first-order valence-electron chi connectivity index (χ1n) is 15.8. The number of aromatic hydroxyl groups is 2. The van der Waals surface area contributed by atoms with Crippen LogP contribution in [-0.2, 0) is 40.3 Å². The molecule has 6 aromatic carbocycles. The van der Waals surface area contributed by atoms with E-state index in [-0.39, 0.29) is 55.4 Å². The van der Waals surface area contributed by atoms with Crippen LogP contribution in [0.15, 0.2) is 117 Å². The van der Waals surface area contributed by atoms with Crippen LogP contribution < -0.4 is 20.1 Å². The number of anilines is 4. The number of carbonyl (C=O) groups is 1. The lowest BCUT2D eigenvalue weighted by atomic mass is 10.1. The van der Waals surface area contributed by atoms with Crippen molar-refractivity contribution in [2.24, 2.45) is 0 Å². The van der Waals surface area contributed by atoms with Gasteiger partial charge in [0.25, 0.3) is 40.3 Å². The largest absolute Gasteiger partial charge is 0.508 e. The van der Waals surface area contributed by atoms with E-state index in [0.717, 1.165) is 24.3 Å². The molecule has 6 aromatic rings. The summed E-state index contributed by atoms with van der Waals surface area (Å²) in [5.41, 5.74) is 1.10.